The van der Waals surface area contributed by atoms with Crippen LogP contribution in [0.25, 0.3) is 0 Å². The van der Waals surface area contributed by atoms with Gasteiger partial charge in [0.15, 0.2) is 0 Å². The number of piperidine rings is 1. The Kier molecular flexibility index (Phi) is 4.02. The molecule has 1 atom stereocenters. The molecular formula is C15H22N2O. The van der Waals surface area contributed by atoms with Crippen molar-refractivity contribution < 1.29 is 4.79 Å². The minimum absolute atomic E-state index is 0.0288. The highest BCUT2D eigenvalue weighted by molar-refractivity contribution is 5.96. The van der Waals surface area contributed by atoms with Crippen LogP contribution in [-0.4, -0.2) is 18.5 Å². The molecule has 2 rings (SSSR count). The van der Waals surface area contributed by atoms with Crippen molar-refractivity contribution in [3.8, 4) is 0 Å². The summed E-state index contributed by atoms with van der Waals surface area (Å²) >= 11 is 0. The number of aryl methyl sites for hydroxylation is 3. The summed E-state index contributed by atoms with van der Waals surface area (Å²) in [6.07, 6.45) is 3.25. The summed E-state index contributed by atoms with van der Waals surface area (Å²) < 4.78 is 0. The van der Waals surface area contributed by atoms with Crippen LogP contribution in [-0.2, 0) is 4.79 Å². The van der Waals surface area contributed by atoms with E-state index in [4.69, 9.17) is 0 Å². The van der Waals surface area contributed by atoms with Gasteiger partial charge >= 0.3 is 0 Å². The van der Waals surface area contributed by atoms with Gasteiger partial charge in [0.2, 0.25) is 5.91 Å². The molecule has 0 radical (unpaired) electrons. The predicted molar refractivity (Wildman–Crippen MR) is 74.9 cm³/mol. The zero-order chi connectivity index (χ0) is 13.1. The number of carbonyl (C=O) groups excluding carboxylic acids is 1. The maximum Gasteiger partial charge on any atom is 0.241 e. The summed E-state index contributed by atoms with van der Waals surface area (Å²) in [6, 6.07) is 4.19. The monoisotopic (exact) mass is 246 g/mol. The van der Waals surface area contributed by atoms with E-state index in [9.17, 15) is 4.79 Å². The summed E-state index contributed by atoms with van der Waals surface area (Å²) in [6.45, 7) is 7.12. The maximum absolute atomic E-state index is 12.2. The molecule has 1 amide bonds. The summed E-state index contributed by atoms with van der Waals surface area (Å²) in [5.41, 5.74) is 4.48. The standard InChI is InChI=1S/C15H22N2O/c1-10-8-11(2)14(12(3)9-10)17-15(18)13-6-4-5-7-16-13/h8-9,13,16H,4-7H2,1-3H3,(H,17,18). The van der Waals surface area contributed by atoms with Crippen LogP contribution in [0.4, 0.5) is 5.69 Å². The fourth-order valence-corrected chi connectivity index (χ4v) is 2.66. The van der Waals surface area contributed by atoms with Gasteiger partial charge in [-0.25, -0.2) is 0 Å². The van der Waals surface area contributed by atoms with E-state index >= 15 is 0 Å². The first-order valence-electron chi connectivity index (χ1n) is 6.70. The lowest BCUT2D eigenvalue weighted by molar-refractivity contribution is -0.118. The van der Waals surface area contributed by atoms with Crippen molar-refractivity contribution in [2.75, 3.05) is 11.9 Å². The van der Waals surface area contributed by atoms with Crippen molar-refractivity contribution in [1.82, 2.24) is 5.32 Å². The lowest BCUT2D eigenvalue weighted by atomic mass is 10.0. The van der Waals surface area contributed by atoms with Crippen LogP contribution in [0.1, 0.15) is 36.0 Å². The third kappa shape index (κ3) is 2.91. The molecule has 0 spiro atoms. The summed E-state index contributed by atoms with van der Waals surface area (Å²) in [5, 5.41) is 6.35. The largest absolute Gasteiger partial charge is 0.324 e. The topological polar surface area (TPSA) is 41.1 Å². The van der Waals surface area contributed by atoms with Crippen LogP contribution >= 0.6 is 0 Å². The van der Waals surface area contributed by atoms with Crippen molar-refractivity contribution in [2.24, 2.45) is 0 Å². The van der Waals surface area contributed by atoms with Crippen LogP contribution < -0.4 is 10.6 Å². The van der Waals surface area contributed by atoms with Gasteiger partial charge in [-0.2, -0.15) is 0 Å². The number of amides is 1. The number of benzene rings is 1. The Bertz CT molecular complexity index is 425. The average Bonchev–Trinajstić information content (AvgIpc) is 2.34. The summed E-state index contributed by atoms with van der Waals surface area (Å²) in [7, 11) is 0. The number of hydrogen-bond acceptors (Lipinski definition) is 2. The number of rotatable bonds is 2. The SMILES string of the molecule is Cc1cc(C)c(NC(=O)C2CCCCN2)c(C)c1. The zero-order valence-electron chi connectivity index (χ0n) is 11.5. The molecule has 0 aromatic heterocycles. The molecule has 0 bridgehead atoms. The van der Waals surface area contributed by atoms with Gasteiger partial charge in [0.1, 0.15) is 0 Å². The second kappa shape index (κ2) is 5.53. The second-order valence-corrected chi connectivity index (χ2v) is 5.27. The van der Waals surface area contributed by atoms with Crippen LogP contribution in [0.15, 0.2) is 12.1 Å². The molecule has 98 valence electrons. The highest BCUT2D eigenvalue weighted by atomic mass is 16.2. The van der Waals surface area contributed by atoms with Gasteiger partial charge in [-0.3, -0.25) is 4.79 Å². The molecule has 1 saturated heterocycles. The van der Waals surface area contributed by atoms with E-state index < -0.39 is 0 Å². The lowest BCUT2D eigenvalue weighted by Gasteiger charge is -2.23. The Labute approximate surface area is 109 Å². The van der Waals surface area contributed by atoms with E-state index in [1.54, 1.807) is 0 Å². The molecule has 1 aromatic rings. The fourth-order valence-electron chi connectivity index (χ4n) is 2.66. The van der Waals surface area contributed by atoms with E-state index in [1.807, 2.05) is 13.8 Å². The Morgan fingerprint density at radius 3 is 2.44 bits per heavy atom. The molecule has 1 aliphatic heterocycles. The molecule has 1 unspecified atom stereocenters. The van der Waals surface area contributed by atoms with Crippen molar-refractivity contribution in [1.29, 1.82) is 0 Å². The van der Waals surface area contributed by atoms with E-state index in [-0.39, 0.29) is 11.9 Å². The third-order valence-corrected chi connectivity index (χ3v) is 3.55. The van der Waals surface area contributed by atoms with Crippen molar-refractivity contribution in [3.63, 3.8) is 0 Å². The average molecular weight is 246 g/mol. The molecule has 1 aromatic carbocycles. The summed E-state index contributed by atoms with van der Waals surface area (Å²) in [4.78, 5) is 12.2. The van der Waals surface area contributed by atoms with Crippen LogP contribution in [0, 0.1) is 20.8 Å². The quantitative estimate of drug-likeness (QED) is 0.842. The molecule has 0 aliphatic carbocycles. The van der Waals surface area contributed by atoms with E-state index in [0.717, 1.165) is 36.2 Å². The van der Waals surface area contributed by atoms with E-state index in [2.05, 4.69) is 29.7 Å². The number of nitrogens with one attached hydrogen (secondary N) is 2. The van der Waals surface area contributed by atoms with E-state index in [1.165, 1.54) is 12.0 Å². The molecule has 1 fully saturated rings. The van der Waals surface area contributed by atoms with Gasteiger partial charge < -0.3 is 10.6 Å². The normalized spacial score (nSPS) is 19.6. The Balaban J connectivity index is 2.11. The van der Waals surface area contributed by atoms with Crippen molar-refractivity contribution in [2.45, 2.75) is 46.1 Å². The number of anilines is 1. The van der Waals surface area contributed by atoms with Gasteiger partial charge in [-0.1, -0.05) is 24.1 Å². The Morgan fingerprint density at radius 2 is 1.89 bits per heavy atom. The highest BCUT2D eigenvalue weighted by Gasteiger charge is 2.21. The first kappa shape index (κ1) is 13.1. The second-order valence-electron chi connectivity index (χ2n) is 5.27. The van der Waals surface area contributed by atoms with Crippen LogP contribution in [0.2, 0.25) is 0 Å². The fraction of sp³-hybridized carbons (Fsp3) is 0.533. The Morgan fingerprint density at radius 1 is 1.22 bits per heavy atom. The van der Waals surface area contributed by atoms with Gasteiger partial charge in [0.05, 0.1) is 6.04 Å². The molecular weight excluding hydrogens is 224 g/mol. The highest BCUT2D eigenvalue weighted by Crippen LogP contribution is 2.22. The number of hydrogen-bond donors (Lipinski definition) is 2. The molecule has 1 heterocycles. The third-order valence-electron chi connectivity index (χ3n) is 3.55. The molecule has 3 heteroatoms. The van der Waals surface area contributed by atoms with E-state index in [0.29, 0.717) is 0 Å². The smallest absolute Gasteiger partial charge is 0.241 e. The molecule has 1 aliphatic rings. The number of carbonyl (C=O) groups is 1. The van der Waals surface area contributed by atoms with Crippen LogP contribution in [0.5, 0.6) is 0 Å². The Hall–Kier alpha value is -1.35. The maximum atomic E-state index is 12.2. The first-order valence-corrected chi connectivity index (χ1v) is 6.70. The minimum atomic E-state index is -0.0288. The zero-order valence-corrected chi connectivity index (χ0v) is 11.5. The first-order chi connectivity index (χ1) is 8.58. The molecule has 3 nitrogen and oxygen atoms in total. The molecule has 2 N–H and O–H groups in total. The molecule has 18 heavy (non-hydrogen) atoms. The lowest BCUT2D eigenvalue weighted by Crippen LogP contribution is -2.43. The van der Waals surface area contributed by atoms with Crippen molar-refractivity contribution >= 4 is 11.6 Å². The van der Waals surface area contributed by atoms with Gasteiger partial charge in [-0.15, -0.1) is 0 Å². The van der Waals surface area contributed by atoms with Gasteiger partial charge in [0.25, 0.3) is 0 Å². The molecule has 0 saturated carbocycles. The minimum Gasteiger partial charge on any atom is -0.324 e. The van der Waals surface area contributed by atoms with Crippen LogP contribution in [0.3, 0.4) is 0 Å². The summed E-state index contributed by atoms with van der Waals surface area (Å²) in [5.74, 6) is 0.102. The van der Waals surface area contributed by atoms with Gasteiger partial charge in [-0.05, 0) is 51.3 Å². The van der Waals surface area contributed by atoms with Crippen molar-refractivity contribution in [3.05, 3.63) is 28.8 Å². The van der Waals surface area contributed by atoms with Gasteiger partial charge in [0, 0.05) is 5.69 Å². The predicted octanol–water partition coefficient (Wildman–Crippen LogP) is 2.69.